The molecular weight excluding hydrogens is 411 g/mol. The Kier molecular flexibility index (Phi) is 6.66. The van der Waals surface area contributed by atoms with Crippen molar-refractivity contribution in [2.45, 2.75) is 51.6 Å². The van der Waals surface area contributed by atoms with Gasteiger partial charge in [0.1, 0.15) is 5.82 Å². The third-order valence-electron chi connectivity index (χ3n) is 5.99. The highest BCUT2D eigenvalue weighted by Crippen LogP contribution is 2.34. The Morgan fingerprint density at radius 2 is 1.87 bits per heavy atom. The van der Waals surface area contributed by atoms with Crippen LogP contribution in [0.25, 0.3) is 10.1 Å². The number of amides is 2. The van der Waals surface area contributed by atoms with Gasteiger partial charge in [-0.05, 0) is 54.0 Å². The second kappa shape index (κ2) is 9.60. The normalized spacial score (nSPS) is 16.8. The largest absolute Gasteiger partial charge is 0.347 e. The van der Waals surface area contributed by atoms with Crippen molar-refractivity contribution >= 4 is 33.2 Å². The van der Waals surface area contributed by atoms with Gasteiger partial charge < -0.3 is 10.2 Å². The van der Waals surface area contributed by atoms with Gasteiger partial charge in [-0.2, -0.15) is 0 Å². The Bertz CT molecular complexity index is 1080. The predicted molar refractivity (Wildman–Crippen MR) is 123 cm³/mol. The molecule has 1 atom stereocenters. The lowest BCUT2D eigenvalue weighted by atomic mass is 9.98. The number of carbonyl (C=O) groups is 2. The molecule has 0 bridgehead atoms. The van der Waals surface area contributed by atoms with Gasteiger partial charge in [-0.1, -0.05) is 43.2 Å². The molecule has 4 rings (SSSR count). The molecule has 0 radical (unpaired) electrons. The minimum atomic E-state index is -0.291. The fraction of sp³-hybridized carbons (Fsp3) is 0.360. The molecule has 1 fully saturated rings. The molecular formula is C25H27FN2O2S. The maximum atomic E-state index is 13.1. The molecule has 162 valence electrons. The first-order valence-electron chi connectivity index (χ1n) is 10.8. The number of hydrogen-bond acceptors (Lipinski definition) is 3. The van der Waals surface area contributed by atoms with Crippen LogP contribution in [0.2, 0.25) is 0 Å². The van der Waals surface area contributed by atoms with Gasteiger partial charge in [0, 0.05) is 30.8 Å². The summed E-state index contributed by atoms with van der Waals surface area (Å²) < 4.78 is 14.2. The summed E-state index contributed by atoms with van der Waals surface area (Å²) in [5.74, 6) is -0.308. The van der Waals surface area contributed by atoms with E-state index in [0.717, 1.165) is 53.4 Å². The van der Waals surface area contributed by atoms with E-state index in [0.29, 0.717) is 17.8 Å². The van der Waals surface area contributed by atoms with E-state index in [1.54, 1.807) is 19.1 Å². The lowest BCUT2D eigenvalue weighted by molar-refractivity contribution is -0.131. The Labute approximate surface area is 186 Å². The molecule has 6 heteroatoms. The molecule has 1 aliphatic rings. The molecule has 2 aromatic carbocycles. The van der Waals surface area contributed by atoms with E-state index in [2.05, 4.69) is 11.4 Å². The van der Waals surface area contributed by atoms with Crippen molar-refractivity contribution in [1.29, 1.82) is 0 Å². The first-order chi connectivity index (χ1) is 15.0. The van der Waals surface area contributed by atoms with Crippen LogP contribution in [0, 0.1) is 5.82 Å². The SMILES string of the molecule is CC(=O)N1CCCCC[C@H]1Cc1c(C(=O)NCc2ccc(F)cc2)sc2ccccc12. The summed E-state index contributed by atoms with van der Waals surface area (Å²) in [6.45, 7) is 2.77. The lowest BCUT2D eigenvalue weighted by Gasteiger charge is -2.29. The Morgan fingerprint density at radius 3 is 2.65 bits per heavy atom. The number of halogens is 1. The Hall–Kier alpha value is -2.73. The first kappa shape index (κ1) is 21.5. The van der Waals surface area contributed by atoms with Crippen LogP contribution >= 0.6 is 11.3 Å². The van der Waals surface area contributed by atoms with Crippen LogP contribution in [0.5, 0.6) is 0 Å². The second-order valence-electron chi connectivity index (χ2n) is 8.13. The molecule has 2 heterocycles. The Morgan fingerprint density at radius 1 is 1.10 bits per heavy atom. The third-order valence-corrected chi connectivity index (χ3v) is 7.20. The van der Waals surface area contributed by atoms with Crippen LogP contribution in [-0.2, 0) is 17.8 Å². The number of fused-ring (bicyclic) bond motifs is 1. The summed E-state index contributed by atoms with van der Waals surface area (Å²) in [7, 11) is 0. The highest BCUT2D eigenvalue weighted by Gasteiger charge is 2.27. The van der Waals surface area contributed by atoms with Crippen molar-refractivity contribution in [3.63, 3.8) is 0 Å². The fourth-order valence-electron chi connectivity index (χ4n) is 4.39. The van der Waals surface area contributed by atoms with Crippen molar-refractivity contribution in [3.05, 3.63) is 70.4 Å². The van der Waals surface area contributed by atoms with Gasteiger partial charge in [-0.15, -0.1) is 11.3 Å². The van der Waals surface area contributed by atoms with Gasteiger partial charge >= 0.3 is 0 Å². The van der Waals surface area contributed by atoms with E-state index in [9.17, 15) is 14.0 Å². The first-order valence-corrected chi connectivity index (χ1v) is 11.6. The average molecular weight is 439 g/mol. The van der Waals surface area contributed by atoms with Crippen molar-refractivity contribution in [2.24, 2.45) is 0 Å². The monoisotopic (exact) mass is 438 g/mol. The third kappa shape index (κ3) is 4.96. The van der Waals surface area contributed by atoms with Gasteiger partial charge in [0.2, 0.25) is 5.91 Å². The zero-order chi connectivity index (χ0) is 21.8. The summed E-state index contributed by atoms with van der Waals surface area (Å²) in [6, 6.07) is 14.3. The van der Waals surface area contributed by atoms with Gasteiger partial charge in [-0.25, -0.2) is 4.39 Å². The van der Waals surface area contributed by atoms with Crippen LogP contribution in [0.1, 0.15) is 53.4 Å². The van der Waals surface area contributed by atoms with Gasteiger partial charge in [0.05, 0.1) is 4.88 Å². The molecule has 1 N–H and O–H groups in total. The molecule has 1 saturated heterocycles. The predicted octanol–water partition coefficient (Wildman–Crippen LogP) is 5.30. The van der Waals surface area contributed by atoms with E-state index < -0.39 is 0 Å². The summed E-state index contributed by atoms with van der Waals surface area (Å²) in [6.07, 6.45) is 4.91. The fourth-order valence-corrected chi connectivity index (χ4v) is 5.54. The average Bonchev–Trinajstić information content (AvgIpc) is 2.96. The topological polar surface area (TPSA) is 49.4 Å². The Balaban J connectivity index is 1.61. The quantitative estimate of drug-likeness (QED) is 0.587. The minimum absolute atomic E-state index is 0.105. The number of nitrogens with zero attached hydrogens (tertiary/aromatic N) is 1. The van der Waals surface area contributed by atoms with Crippen LogP contribution < -0.4 is 5.32 Å². The molecule has 0 aliphatic carbocycles. The van der Waals surface area contributed by atoms with E-state index in [-0.39, 0.29) is 23.7 Å². The molecule has 4 nitrogen and oxygen atoms in total. The van der Waals surface area contributed by atoms with E-state index in [1.807, 2.05) is 23.1 Å². The van der Waals surface area contributed by atoms with Gasteiger partial charge in [0.15, 0.2) is 0 Å². The van der Waals surface area contributed by atoms with E-state index in [4.69, 9.17) is 0 Å². The molecule has 0 spiro atoms. The number of nitrogens with one attached hydrogen (secondary N) is 1. The van der Waals surface area contributed by atoms with Crippen LogP contribution in [0.15, 0.2) is 48.5 Å². The number of thiophene rings is 1. The highest BCUT2D eigenvalue weighted by molar-refractivity contribution is 7.21. The van der Waals surface area contributed by atoms with Crippen LogP contribution in [-0.4, -0.2) is 29.3 Å². The molecule has 3 aromatic rings. The molecule has 31 heavy (non-hydrogen) atoms. The van der Waals surface area contributed by atoms with E-state index >= 15 is 0 Å². The van der Waals surface area contributed by atoms with Gasteiger partial charge in [0.25, 0.3) is 5.91 Å². The number of rotatable bonds is 5. The second-order valence-corrected chi connectivity index (χ2v) is 9.19. The standard InChI is InChI=1S/C25H27FN2O2S/c1-17(29)28-14-6-2-3-7-20(28)15-22-21-8-4-5-9-23(21)31-24(22)25(30)27-16-18-10-12-19(26)13-11-18/h4-5,8-13,20H,2-3,6-7,14-16H2,1H3,(H,27,30)/t20-/m0/s1. The summed E-state index contributed by atoms with van der Waals surface area (Å²) in [4.78, 5) is 28.1. The minimum Gasteiger partial charge on any atom is -0.347 e. The van der Waals surface area contributed by atoms with Crippen LogP contribution in [0.3, 0.4) is 0 Å². The van der Waals surface area contributed by atoms with E-state index in [1.165, 1.54) is 23.5 Å². The number of carbonyl (C=O) groups excluding carboxylic acids is 2. The summed E-state index contributed by atoms with van der Waals surface area (Å²) in [5.41, 5.74) is 1.87. The summed E-state index contributed by atoms with van der Waals surface area (Å²) in [5, 5.41) is 4.08. The lowest BCUT2D eigenvalue weighted by Crippen LogP contribution is -2.40. The smallest absolute Gasteiger partial charge is 0.261 e. The maximum absolute atomic E-state index is 13.1. The highest BCUT2D eigenvalue weighted by atomic mass is 32.1. The van der Waals surface area contributed by atoms with Crippen molar-refractivity contribution in [2.75, 3.05) is 6.54 Å². The summed E-state index contributed by atoms with van der Waals surface area (Å²) >= 11 is 1.50. The van der Waals surface area contributed by atoms with Crippen molar-refractivity contribution in [1.82, 2.24) is 10.2 Å². The van der Waals surface area contributed by atoms with Crippen LogP contribution in [0.4, 0.5) is 4.39 Å². The zero-order valence-corrected chi connectivity index (χ0v) is 18.5. The zero-order valence-electron chi connectivity index (χ0n) is 17.7. The number of benzene rings is 2. The molecule has 0 unspecified atom stereocenters. The molecule has 1 aliphatic heterocycles. The molecule has 1 aromatic heterocycles. The maximum Gasteiger partial charge on any atom is 0.261 e. The number of hydrogen-bond donors (Lipinski definition) is 1. The van der Waals surface area contributed by atoms with Crippen molar-refractivity contribution in [3.8, 4) is 0 Å². The number of likely N-dealkylation sites (tertiary alicyclic amines) is 1. The molecule has 0 saturated carbocycles. The molecule has 2 amide bonds. The van der Waals surface area contributed by atoms with Crippen molar-refractivity contribution < 1.29 is 14.0 Å². The van der Waals surface area contributed by atoms with Gasteiger partial charge in [-0.3, -0.25) is 9.59 Å².